The molecule has 2 amide bonds. The number of carboxylic acids is 1. The Balaban J connectivity index is 2.19. The lowest BCUT2D eigenvalue weighted by Crippen LogP contribution is -2.53. The number of carbonyl (C=O) groups is 2. The fraction of sp³-hybridized carbons (Fsp3) is 0.867. The van der Waals surface area contributed by atoms with Crippen molar-refractivity contribution in [3.8, 4) is 0 Å². The van der Waals surface area contributed by atoms with Crippen molar-refractivity contribution in [3.63, 3.8) is 0 Å². The third kappa shape index (κ3) is 7.32. The molecule has 0 aliphatic carbocycles. The van der Waals surface area contributed by atoms with Gasteiger partial charge in [0.15, 0.2) is 0 Å². The van der Waals surface area contributed by atoms with Crippen LogP contribution in [0.4, 0.5) is 4.79 Å². The predicted molar refractivity (Wildman–Crippen MR) is 82.4 cm³/mol. The monoisotopic (exact) mass is 299 g/mol. The molecule has 0 radical (unpaired) electrons. The fourth-order valence-electron chi connectivity index (χ4n) is 2.55. The number of carboxylic acid groups (broad SMARTS) is 1. The van der Waals surface area contributed by atoms with Crippen molar-refractivity contribution in [2.75, 3.05) is 32.7 Å². The van der Waals surface area contributed by atoms with Gasteiger partial charge in [-0.25, -0.2) is 4.79 Å². The van der Waals surface area contributed by atoms with E-state index in [4.69, 9.17) is 5.11 Å². The minimum atomic E-state index is -0.811. The van der Waals surface area contributed by atoms with E-state index in [1.54, 1.807) is 4.90 Å². The lowest BCUT2D eigenvalue weighted by Gasteiger charge is -2.34. The topological polar surface area (TPSA) is 72.9 Å². The van der Waals surface area contributed by atoms with Crippen molar-refractivity contribution in [3.05, 3.63) is 0 Å². The second kappa shape index (κ2) is 9.60. The van der Waals surface area contributed by atoms with Crippen LogP contribution in [0.15, 0.2) is 0 Å². The standard InChI is InChI=1S/C15H29N3O3/c1-3-4-5-6-7-13(2)16-15(21)18-10-8-17(9-11-18)12-14(19)20/h13H,3-12H2,1-2H3,(H,16,21)(H,19,20). The van der Waals surface area contributed by atoms with E-state index >= 15 is 0 Å². The van der Waals surface area contributed by atoms with E-state index in [-0.39, 0.29) is 18.6 Å². The molecule has 21 heavy (non-hydrogen) atoms. The Morgan fingerprint density at radius 2 is 1.81 bits per heavy atom. The molecule has 0 aromatic heterocycles. The molecule has 6 nitrogen and oxygen atoms in total. The van der Waals surface area contributed by atoms with Crippen LogP contribution in [0, 0.1) is 0 Å². The van der Waals surface area contributed by atoms with Gasteiger partial charge in [-0.2, -0.15) is 0 Å². The lowest BCUT2D eigenvalue weighted by atomic mass is 10.1. The van der Waals surface area contributed by atoms with E-state index in [2.05, 4.69) is 12.2 Å². The Morgan fingerprint density at radius 3 is 2.38 bits per heavy atom. The van der Waals surface area contributed by atoms with E-state index in [0.717, 1.165) is 12.8 Å². The molecule has 122 valence electrons. The number of piperazine rings is 1. The van der Waals surface area contributed by atoms with Gasteiger partial charge in [0.05, 0.1) is 6.54 Å². The number of rotatable bonds is 8. The molecule has 0 bridgehead atoms. The highest BCUT2D eigenvalue weighted by atomic mass is 16.4. The van der Waals surface area contributed by atoms with Crippen molar-refractivity contribution < 1.29 is 14.7 Å². The van der Waals surface area contributed by atoms with Gasteiger partial charge in [-0.1, -0.05) is 32.6 Å². The first-order chi connectivity index (χ1) is 10.0. The second-order valence-corrected chi connectivity index (χ2v) is 5.86. The zero-order valence-corrected chi connectivity index (χ0v) is 13.3. The van der Waals surface area contributed by atoms with Gasteiger partial charge in [0, 0.05) is 32.2 Å². The molecule has 1 rings (SSSR count). The third-order valence-corrected chi connectivity index (χ3v) is 3.88. The average Bonchev–Trinajstić information content (AvgIpc) is 2.43. The van der Waals surface area contributed by atoms with Crippen LogP contribution in [0.25, 0.3) is 0 Å². The number of amides is 2. The molecule has 1 fully saturated rings. The summed E-state index contributed by atoms with van der Waals surface area (Å²) in [7, 11) is 0. The highest BCUT2D eigenvalue weighted by molar-refractivity contribution is 5.74. The first kappa shape index (κ1) is 17.8. The Kier molecular flexibility index (Phi) is 8.12. The summed E-state index contributed by atoms with van der Waals surface area (Å²) in [6.45, 7) is 6.75. The molecule has 1 heterocycles. The molecule has 0 saturated carbocycles. The summed E-state index contributed by atoms with van der Waals surface area (Å²) >= 11 is 0. The number of urea groups is 1. The van der Waals surface area contributed by atoms with Crippen LogP contribution in [0.5, 0.6) is 0 Å². The van der Waals surface area contributed by atoms with Gasteiger partial charge in [-0.3, -0.25) is 9.69 Å². The zero-order valence-electron chi connectivity index (χ0n) is 13.3. The molecule has 1 unspecified atom stereocenters. The maximum absolute atomic E-state index is 12.1. The van der Waals surface area contributed by atoms with E-state index < -0.39 is 5.97 Å². The van der Waals surface area contributed by atoms with Crippen LogP contribution in [-0.2, 0) is 4.79 Å². The van der Waals surface area contributed by atoms with Crippen LogP contribution in [-0.4, -0.2) is 65.7 Å². The smallest absolute Gasteiger partial charge is 0.317 e. The summed E-state index contributed by atoms with van der Waals surface area (Å²) in [5, 5.41) is 11.8. The number of hydrogen-bond donors (Lipinski definition) is 2. The van der Waals surface area contributed by atoms with Crippen LogP contribution in [0.3, 0.4) is 0 Å². The van der Waals surface area contributed by atoms with Crippen molar-refractivity contribution in [1.82, 2.24) is 15.1 Å². The van der Waals surface area contributed by atoms with E-state index in [1.165, 1.54) is 19.3 Å². The van der Waals surface area contributed by atoms with E-state index in [9.17, 15) is 9.59 Å². The third-order valence-electron chi connectivity index (χ3n) is 3.88. The molecular formula is C15H29N3O3. The summed E-state index contributed by atoms with van der Waals surface area (Å²) in [4.78, 5) is 26.4. The lowest BCUT2D eigenvalue weighted by molar-refractivity contribution is -0.138. The van der Waals surface area contributed by atoms with E-state index in [1.807, 2.05) is 11.8 Å². The first-order valence-corrected chi connectivity index (χ1v) is 8.02. The summed E-state index contributed by atoms with van der Waals surface area (Å²) < 4.78 is 0. The van der Waals surface area contributed by atoms with Crippen molar-refractivity contribution in [2.24, 2.45) is 0 Å². The second-order valence-electron chi connectivity index (χ2n) is 5.86. The number of nitrogens with zero attached hydrogens (tertiary/aromatic N) is 2. The summed E-state index contributed by atoms with van der Waals surface area (Å²) in [5.41, 5.74) is 0. The highest BCUT2D eigenvalue weighted by Crippen LogP contribution is 2.07. The SMILES string of the molecule is CCCCCCC(C)NC(=O)N1CCN(CC(=O)O)CC1. The largest absolute Gasteiger partial charge is 0.480 e. The molecule has 0 spiro atoms. The molecule has 1 aliphatic rings. The molecule has 0 aromatic rings. The Labute approximate surface area is 127 Å². The van der Waals surface area contributed by atoms with Gasteiger partial charge in [0.25, 0.3) is 0 Å². The van der Waals surface area contributed by atoms with Gasteiger partial charge >= 0.3 is 12.0 Å². The summed E-state index contributed by atoms with van der Waals surface area (Å²) in [6.07, 6.45) is 5.88. The van der Waals surface area contributed by atoms with Gasteiger partial charge in [-0.15, -0.1) is 0 Å². The first-order valence-electron chi connectivity index (χ1n) is 8.02. The van der Waals surface area contributed by atoms with Gasteiger partial charge < -0.3 is 15.3 Å². The Hall–Kier alpha value is -1.30. The minimum absolute atomic E-state index is 0.0204. The van der Waals surface area contributed by atoms with Crippen molar-refractivity contribution in [2.45, 2.75) is 52.0 Å². The molecule has 2 N–H and O–H groups in total. The molecule has 0 aromatic carbocycles. The van der Waals surface area contributed by atoms with Crippen molar-refractivity contribution in [1.29, 1.82) is 0 Å². The van der Waals surface area contributed by atoms with Gasteiger partial charge in [0.1, 0.15) is 0 Å². The Morgan fingerprint density at radius 1 is 1.14 bits per heavy atom. The van der Waals surface area contributed by atoms with Crippen molar-refractivity contribution >= 4 is 12.0 Å². The normalized spacial score (nSPS) is 17.5. The maximum Gasteiger partial charge on any atom is 0.317 e. The number of nitrogens with one attached hydrogen (secondary N) is 1. The molecule has 1 aliphatic heterocycles. The molecule has 1 saturated heterocycles. The number of hydrogen-bond acceptors (Lipinski definition) is 3. The fourth-order valence-corrected chi connectivity index (χ4v) is 2.55. The Bertz CT molecular complexity index is 328. The molecule has 1 atom stereocenters. The average molecular weight is 299 g/mol. The molecular weight excluding hydrogens is 270 g/mol. The zero-order chi connectivity index (χ0) is 15.7. The maximum atomic E-state index is 12.1. The molecule has 6 heteroatoms. The minimum Gasteiger partial charge on any atom is -0.480 e. The summed E-state index contributed by atoms with van der Waals surface area (Å²) in [5.74, 6) is -0.811. The summed E-state index contributed by atoms with van der Waals surface area (Å²) in [6, 6.07) is 0.180. The number of carbonyl (C=O) groups excluding carboxylic acids is 1. The van der Waals surface area contributed by atoms with Gasteiger partial charge in [0.2, 0.25) is 0 Å². The highest BCUT2D eigenvalue weighted by Gasteiger charge is 2.22. The van der Waals surface area contributed by atoms with Crippen LogP contribution < -0.4 is 5.32 Å². The van der Waals surface area contributed by atoms with E-state index in [0.29, 0.717) is 26.2 Å². The number of unbranched alkanes of at least 4 members (excludes halogenated alkanes) is 3. The van der Waals surface area contributed by atoms with Crippen LogP contribution in [0.1, 0.15) is 46.0 Å². The van der Waals surface area contributed by atoms with Crippen LogP contribution >= 0.6 is 0 Å². The predicted octanol–water partition coefficient (Wildman–Crippen LogP) is 1.76. The quantitative estimate of drug-likeness (QED) is 0.670. The van der Waals surface area contributed by atoms with Gasteiger partial charge in [-0.05, 0) is 13.3 Å². The van der Waals surface area contributed by atoms with Crippen LogP contribution in [0.2, 0.25) is 0 Å². The number of aliphatic carboxylic acids is 1.